The van der Waals surface area contributed by atoms with Gasteiger partial charge in [0, 0.05) is 0 Å². The van der Waals surface area contributed by atoms with Gasteiger partial charge in [0.25, 0.3) is 0 Å². The number of hydrogen-bond donors (Lipinski definition) is 1. The normalized spacial score (nSPS) is 10.2. The number of rotatable bonds is 6. The van der Waals surface area contributed by atoms with Crippen molar-refractivity contribution in [2.75, 3.05) is 26.2 Å². The summed E-state index contributed by atoms with van der Waals surface area (Å²) in [6.07, 6.45) is 0. The Morgan fingerprint density at radius 1 is 1.15 bits per heavy atom. The minimum absolute atomic E-state index is 0.0671. The molecule has 3 heteroatoms. The third-order valence-corrected chi connectivity index (χ3v) is 3.45. The SMILES string of the molecule is C=C[SiH2]N(CC)CC.CCNCC. The first-order valence-corrected chi connectivity index (χ1v) is 6.75. The Bertz CT molecular complexity index is 90.9. The lowest BCUT2D eigenvalue weighted by molar-refractivity contribution is 0.498. The molecule has 0 radical (unpaired) electrons. The Labute approximate surface area is 86.3 Å². The topological polar surface area (TPSA) is 15.3 Å². The summed E-state index contributed by atoms with van der Waals surface area (Å²) >= 11 is 0. The molecule has 0 unspecified atom stereocenters. The Hall–Kier alpha value is -0.123. The maximum absolute atomic E-state index is 3.72. The average molecular weight is 202 g/mol. The smallest absolute Gasteiger partial charge is 0.119 e. The molecular formula is C10H26N2Si. The monoisotopic (exact) mass is 202 g/mol. The molecule has 1 N–H and O–H groups in total. The van der Waals surface area contributed by atoms with Gasteiger partial charge in [0.2, 0.25) is 0 Å². The largest absolute Gasteiger partial charge is 0.326 e. The Morgan fingerprint density at radius 3 is 1.69 bits per heavy atom. The van der Waals surface area contributed by atoms with Gasteiger partial charge in [-0.15, -0.1) is 6.58 Å². The van der Waals surface area contributed by atoms with E-state index in [9.17, 15) is 0 Å². The van der Waals surface area contributed by atoms with Crippen molar-refractivity contribution in [2.24, 2.45) is 0 Å². The molecule has 0 rings (SSSR count). The van der Waals surface area contributed by atoms with Crippen LogP contribution in [0.15, 0.2) is 12.3 Å². The molecule has 80 valence electrons. The van der Waals surface area contributed by atoms with Crippen LogP contribution in [-0.2, 0) is 0 Å². The van der Waals surface area contributed by atoms with Crippen molar-refractivity contribution in [3.63, 3.8) is 0 Å². The van der Waals surface area contributed by atoms with Crippen molar-refractivity contribution in [3.05, 3.63) is 12.3 Å². The van der Waals surface area contributed by atoms with Gasteiger partial charge >= 0.3 is 0 Å². The van der Waals surface area contributed by atoms with Crippen molar-refractivity contribution >= 4 is 9.68 Å². The van der Waals surface area contributed by atoms with Gasteiger partial charge in [-0.25, -0.2) is 0 Å². The summed E-state index contributed by atoms with van der Waals surface area (Å²) in [4.78, 5) is 0. The highest BCUT2D eigenvalue weighted by molar-refractivity contribution is 6.38. The highest BCUT2D eigenvalue weighted by Gasteiger charge is 1.91. The zero-order valence-electron chi connectivity index (χ0n) is 9.77. The fourth-order valence-corrected chi connectivity index (χ4v) is 1.80. The molecule has 0 aromatic carbocycles. The van der Waals surface area contributed by atoms with Gasteiger partial charge in [-0.2, -0.15) is 0 Å². The summed E-state index contributed by atoms with van der Waals surface area (Å²) in [5.41, 5.74) is 2.08. The maximum atomic E-state index is 3.72. The lowest BCUT2D eigenvalue weighted by atomic mass is 10.7. The molecule has 0 aromatic heterocycles. The lowest BCUT2D eigenvalue weighted by Gasteiger charge is -2.13. The van der Waals surface area contributed by atoms with Crippen LogP contribution < -0.4 is 5.32 Å². The van der Waals surface area contributed by atoms with Crippen molar-refractivity contribution in [2.45, 2.75) is 27.7 Å². The highest BCUT2D eigenvalue weighted by Crippen LogP contribution is 1.81. The van der Waals surface area contributed by atoms with Gasteiger partial charge in [-0.05, 0) is 26.2 Å². The number of nitrogens with zero attached hydrogens (tertiary/aromatic N) is 1. The summed E-state index contributed by atoms with van der Waals surface area (Å²) in [6, 6.07) is 0. The van der Waals surface area contributed by atoms with E-state index in [1.54, 1.807) is 0 Å². The summed E-state index contributed by atoms with van der Waals surface area (Å²) in [7, 11) is -0.0671. The molecular weight excluding hydrogens is 176 g/mol. The van der Waals surface area contributed by atoms with Gasteiger partial charge < -0.3 is 9.88 Å². The molecule has 0 aliphatic heterocycles. The van der Waals surface area contributed by atoms with Crippen molar-refractivity contribution in [1.29, 1.82) is 0 Å². The van der Waals surface area contributed by atoms with Gasteiger partial charge in [-0.3, -0.25) is 0 Å². The Morgan fingerprint density at radius 2 is 1.62 bits per heavy atom. The van der Waals surface area contributed by atoms with Crippen molar-refractivity contribution in [3.8, 4) is 0 Å². The molecule has 0 aliphatic rings. The lowest BCUT2D eigenvalue weighted by Crippen LogP contribution is -2.25. The number of hydrogen-bond acceptors (Lipinski definition) is 2. The van der Waals surface area contributed by atoms with Gasteiger partial charge in [0.15, 0.2) is 0 Å². The van der Waals surface area contributed by atoms with Gasteiger partial charge in [0.1, 0.15) is 9.68 Å². The molecule has 0 atom stereocenters. The first-order valence-electron chi connectivity index (χ1n) is 5.30. The summed E-state index contributed by atoms with van der Waals surface area (Å²) < 4.78 is 2.45. The van der Waals surface area contributed by atoms with Crippen LogP contribution in [0.1, 0.15) is 27.7 Å². The van der Waals surface area contributed by atoms with E-state index in [2.05, 4.69) is 49.9 Å². The van der Waals surface area contributed by atoms with Gasteiger partial charge in [0.05, 0.1) is 0 Å². The zero-order valence-corrected chi connectivity index (χ0v) is 11.2. The second kappa shape index (κ2) is 14.4. The molecule has 0 amide bonds. The highest BCUT2D eigenvalue weighted by atomic mass is 28.2. The summed E-state index contributed by atoms with van der Waals surface area (Å²) in [6.45, 7) is 16.9. The first kappa shape index (κ1) is 15.4. The Balaban J connectivity index is 0. The minimum Gasteiger partial charge on any atom is -0.326 e. The molecule has 0 spiro atoms. The van der Waals surface area contributed by atoms with Gasteiger partial charge in [-0.1, -0.05) is 33.4 Å². The van der Waals surface area contributed by atoms with E-state index in [1.165, 1.54) is 13.1 Å². The van der Waals surface area contributed by atoms with Crippen LogP contribution in [-0.4, -0.2) is 40.4 Å². The predicted molar refractivity (Wildman–Crippen MR) is 65.9 cm³/mol. The van der Waals surface area contributed by atoms with E-state index < -0.39 is 0 Å². The molecule has 13 heavy (non-hydrogen) atoms. The van der Waals surface area contributed by atoms with E-state index in [0.717, 1.165) is 13.1 Å². The molecule has 0 aliphatic carbocycles. The van der Waals surface area contributed by atoms with Crippen LogP contribution in [0.4, 0.5) is 0 Å². The van der Waals surface area contributed by atoms with E-state index in [1.807, 2.05) is 0 Å². The maximum Gasteiger partial charge on any atom is 0.119 e. The summed E-state index contributed by atoms with van der Waals surface area (Å²) in [5, 5.41) is 3.11. The second-order valence-corrected chi connectivity index (χ2v) is 4.57. The zero-order chi connectivity index (χ0) is 10.5. The quantitative estimate of drug-likeness (QED) is 0.651. The third-order valence-electron chi connectivity index (χ3n) is 1.78. The third kappa shape index (κ3) is 14.7. The minimum atomic E-state index is -0.0671. The fraction of sp³-hybridized carbons (Fsp3) is 0.800. The molecule has 0 saturated heterocycles. The van der Waals surface area contributed by atoms with E-state index in [0.29, 0.717) is 0 Å². The predicted octanol–water partition coefficient (Wildman–Crippen LogP) is 1.17. The molecule has 0 fully saturated rings. The Kier molecular flexibility index (Phi) is 17.0. The molecule has 0 aromatic rings. The van der Waals surface area contributed by atoms with E-state index in [-0.39, 0.29) is 9.68 Å². The van der Waals surface area contributed by atoms with Crippen LogP contribution in [0.2, 0.25) is 0 Å². The molecule has 0 heterocycles. The average Bonchev–Trinajstić information content (AvgIpc) is 2.16. The first-order chi connectivity index (χ1) is 6.26. The van der Waals surface area contributed by atoms with Crippen LogP contribution in [0, 0.1) is 0 Å². The van der Waals surface area contributed by atoms with E-state index >= 15 is 0 Å². The molecule has 0 bridgehead atoms. The summed E-state index contributed by atoms with van der Waals surface area (Å²) in [5.74, 6) is 0. The van der Waals surface area contributed by atoms with Crippen molar-refractivity contribution in [1.82, 2.24) is 9.88 Å². The van der Waals surface area contributed by atoms with E-state index in [4.69, 9.17) is 0 Å². The standard InChI is InChI=1S/C6H15NSi.C4H11N/c1-4-7(5-2)8-6-3;1-3-5-4-2/h6H,3-5,8H2,1-2H3;5H,3-4H2,1-2H3. The van der Waals surface area contributed by atoms with Crippen molar-refractivity contribution < 1.29 is 0 Å². The van der Waals surface area contributed by atoms with Crippen LogP contribution in [0.25, 0.3) is 0 Å². The van der Waals surface area contributed by atoms with Crippen LogP contribution >= 0.6 is 0 Å². The number of nitrogens with one attached hydrogen (secondary N) is 1. The van der Waals surface area contributed by atoms with Crippen LogP contribution in [0.5, 0.6) is 0 Å². The molecule has 0 saturated carbocycles. The molecule has 2 nitrogen and oxygen atoms in total. The van der Waals surface area contributed by atoms with Crippen LogP contribution in [0.3, 0.4) is 0 Å². The fourth-order valence-electron chi connectivity index (χ4n) is 0.914. The second-order valence-electron chi connectivity index (χ2n) is 2.73.